The molecule has 0 aliphatic carbocycles. The molecule has 0 saturated heterocycles. The number of hydrogen-bond acceptors (Lipinski definition) is 6. The van der Waals surface area contributed by atoms with E-state index >= 15 is 0 Å². The molecule has 0 amide bonds. The fraction of sp³-hybridized carbons (Fsp3) is 0.714. The first-order chi connectivity index (χ1) is 11.9. The maximum absolute atomic E-state index is 4.91. The first kappa shape index (κ1) is 30.6. The van der Waals surface area contributed by atoms with Gasteiger partial charge < -0.3 is 0 Å². The van der Waals surface area contributed by atoms with Gasteiger partial charge in [-0.1, -0.05) is 75.7 Å². The standard InChI is InChI=1S/2C7H14N2S2.2ClH.Cu/c2*1-4-6(5-2)8-9-7(10)11-3;;;/h2*4-5H2,1-3H3,(H,9,10);2*1H;/q;;;;+2/p-2. The van der Waals surface area contributed by atoms with Gasteiger partial charge in [-0.2, -0.15) is 10.2 Å². The van der Waals surface area contributed by atoms with Gasteiger partial charge in [0.05, 0.1) is 0 Å². The Kier molecular flexibility index (Phi) is 30.5. The van der Waals surface area contributed by atoms with Crippen LogP contribution in [-0.2, 0) is 13.1 Å². The summed E-state index contributed by atoms with van der Waals surface area (Å²) >= 11 is 13.6. The first-order valence-electron chi connectivity index (χ1n) is 7.50. The van der Waals surface area contributed by atoms with Gasteiger partial charge in [-0.05, 0) is 38.2 Å². The number of thiocarbonyl (C=S) groups is 2. The molecule has 4 nitrogen and oxygen atoms in total. The van der Waals surface area contributed by atoms with Crippen LogP contribution in [0.3, 0.4) is 0 Å². The van der Waals surface area contributed by atoms with Crippen molar-refractivity contribution in [2.75, 3.05) is 12.5 Å². The normalized spacial score (nSPS) is 8.80. The van der Waals surface area contributed by atoms with E-state index < -0.39 is 0 Å². The minimum absolute atomic E-state index is 0.726. The zero-order valence-electron chi connectivity index (χ0n) is 15.4. The molecule has 0 aromatic carbocycles. The second-order valence-electron chi connectivity index (χ2n) is 4.02. The Bertz CT molecular complexity index is 362. The quantitative estimate of drug-likeness (QED) is 0.191. The number of thioether (sulfide) groups is 2. The molecule has 0 atom stereocenters. The number of rotatable bonds is 6. The third kappa shape index (κ3) is 24.9. The van der Waals surface area contributed by atoms with Crippen LogP contribution < -0.4 is 10.9 Å². The van der Waals surface area contributed by atoms with Crippen LogP contribution in [-0.4, -0.2) is 32.6 Å². The van der Waals surface area contributed by atoms with E-state index in [4.69, 9.17) is 24.4 Å². The van der Waals surface area contributed by atoms with Crippen molar-refractivity contribution in [3.63, 3.8) is 0 Å². The fourth-order valence-corrected chi connectivity index (χ4v) is 1.52. The summed E-state index contributed by atoms with van der Waals surface area (Å²) in [6, 6.07) is 0. The van der Waals surface area contributed by atoms with Crippen molar-refractivity contribution in [2.45, 2.75) is 53.4 Å². The van der Waals surface area contributed by atoms with Crippen LogP contribution >= 0.6 is 68.2 Å². The van der Waals surface area contributed by atoms with Crippen LogP contribution in [0.1, 0.15) is 53.4 Å². The van der Waals surface area contributed by atoms with Gasteiger partial charge in [-0.3, -0.25) is 10.9 Å². The molecule has 0 fully saturated rings. The van der Waals surface area contributed by atoms with Gasteiger partial charge in [0.1, 0.15) is 0 Å². The summed E-state index contributed by atoms with van der Waals surface area (Å²) in [5, 5.41) is 8.27. The van der Waals surface area contributed by atoms with Crippen molar-refractivity contribution in [3.8, 4) is 0 Å². The molecular formula is C14H28Cl2CuN4S4. The summed E-state index contributed by atoms with van der Waals surface area (Å²) in [6.45, 7) is 8.36. The van der Waals surface area contributed by atoms with Crippen molar-refractivity contribution in [1.29, 1.82) is 0 Å². The van der Waals surface area contributed by atoms with E-state index in [0.717, 1.165) is 58.9 Å². The van der Waals surface area contributed by atoms with E-state index in [0.29, 0.717) is 0 Å². The Morgan fingerprint density at radius 1 is 0.800 bits per heavy atom. The van der Waals surface area contributed by atoms with Gasteiger partial charge in [-0.15, -0.1) is 0 Å². The second-order valence-corrected chi connectivity index (χ2v) is 8.54. The summed E-state index contributed by atoms with van der Waals surface area (Å²) in [4.78, 5) is 0. The van der Waals surface area contributed by atoms with Gasteiger partial charge in [0.2, 0.25) is 0 Å². The molecule has 0 aromatic rings. The Morgan fingerprint density at radius 2 is 1.04 bits per heavy atom. The molecule has 0 aromatic heterocycles. The van der Waals surface area contributed by atoms with E-state index in [1.807, 2.05) is 12.5 Å². The molecule has 0 unspecified atom stereocenters. The van der Waals surface area contributed by atoms with Gasteiger partial charge in [0, 0.05) is 11.4 Å². The SMILES string of the molecule is CCC(CC)=NNC(=S)SC.CCC(CC)=NNC(=S)SC.[Cl][Cu][Cl]. The van der Waals surface area contributed by atoms with Crippen molar-refractivity contribution in [3.05, 3.63) is 0 Å². The van der Waals surface area contributed by atoms with Crippen molar-refractivity contribution in [1.82, 2.24) is 10.9 Å². The average molecular weight is 515 g/mol. The third-order valence-electron chi connectivity index (χ3n) is 2.61. The fourth-order valence-electron chi connectivity index (χ4n) is 1.16. The number of nitrogens with zero attached hydrogens (tertiary/aromatic N) is 2. The average Bonchev–Trinajstić information content (AvgIpc) is 2.64. The monoisotopic (exact) mass is 513 g/mol. The van der Waals surface area contributed by atoms with Gasteiger partial charge in [0.15, 0.2) is 8.64 Å². The van der Waals surface area contributed by atoms with Crippen molar-refractivity contribution < 1.29 is 13.1 Å². The molecule has 0 heterocycles. The zero-order chi connectivity index (χ0) is 20.1. The summed E-state index contributed by atoms with van der Waals surface area (Å²) < 4.78 is 1.45. The number of hydrogen-bond donors (Lipinski definition) is 2. The molecule has 2 N–H and O–H groups in total. The van der Waals surface area contributed by atoms with Crippen LogP contribution in [0.2, 0.25) is 0 Å². The molecule has 0 spiro atoms. The number of hydrazone groups is 2. The zero-order valence-corrected chi connectivity index (χ0v) is 21.1. The Balaban J connectivity index is -0.000000334. The summed E-state index contributed by atoms with van der Waals surface area (Å²) in [5.41, 5.74) is 7.94. The molecule has 0 saturated carbocycles. The van der Waals surface area contributed by atoms with Gasteiger partial charge in [-0.25, -0.2) is 0 Å². The molecule has 0 aliphatic heterocycles. The van der Waals surface area contributed by atoms with Crippen LogP contribution in [0.25, 0.3) is 0 Å². The van der Waals surface area contributed by atoms with Crippen molar-refractivity contribution in [2.24, 2.45) is 10.2 Å². The van der Waals surface area contributed by atoms with Gasteiger partial charge >= 0.3 is 33.3 Å². The van der Waals surface area contributed by atoms with E-state index in [2.05, 4.69) is 68.9 Å². The van der Waals surface area contributed by atoms with E-state index in [9.17, 15) is 0 Å². The molecule has 0 bridgehead atoms. The summed E-state index contributed by atoms with van der Waals surface area (Å²) in [7, 11) is 9.34. The Labute approximate surface area is 187 Å². The molecule has 0 aliphatic rings. The Hall–Kier alpha value is 0.919. The first-order valence-corrected chi connectivity index (χ1v) is 13.4. The van der Waals surface area contributed by atoms with Crippen LogP contribution in [0.5, 0.6) is 0 Å². The second kappa shape index (κ2) is 24.9. The van der Waals surface area contributed by atoms with Crippen molar-refractivity contribution >= 4 is 88.2 Å². The van der Waals surface area contributed by atoms with E-state index in [1.54, 1.807) is 0 Å². The molecule has 153 valence electrons. The molecule has 25 heavy (non-hydrogen) atoms. The predicted molar refractivity (Wildman–Crippen MR) is 126 cm³/mol. The predicted octanol–water partition coefficient (Wildman–Crippen LogP) is 6.18. The van der Waals surface area contributed by atoms with E-state index in [1.165, 1.54) is 23.5 Å². The van der Waals surface area contributed by atoms with Crippen LogP contribution in [0.4, 0.5) is 0 Å². The Morgan fingerprint density at radius 3 is 1.20 bits per heavy atom. The third-order valence-corrected chi connectivity index (χ3v) is 4.72. The molecule has 11 heteroatoms. The van der Waals surface area contributed by atoms with Gasteiger partial charge in [0.25, 0.3) is 0 Å². The molecular weight excluding hydrogens is 487 g/mol. The maximum atomic E-state index is 4.91. The number of halogens is 2. The minimum atomic E-state index is 0.726. The topological polar surface area (TPSA) is 48.8 Å². The summed E-state index contributed by atoms with van der Waals surface area (Å²) in [5.74, 6) is 0. The number of nitrogens with one attached hydrogen (secondary N) is 2. The molecule has 0 radical (unpaired) electrons. The summed E-state index contributed by atoms with van der Waals surface area (Å²) in [6.07, 6.45) is 7.81. The van der Waals surface area contributed by atoms with Crippen LogP contribution in [0.15, 0.2) is 10.2 Å². The molecule has 0 rings (SSSR count). The van der Waals surface area contributed by atoms with Crippen LogP contribution in [0, 0.1) is 0 Å². The van der Waals surface area contributed by atoms with E-state index in [-0.39, 0.29) is 0 Å².